The summed E-state index contributed by atoms with van der Waals surface area (Å²) in [5, 5.41) is 2.88. The molecule has 0 unspecified atom stereocenters. The quantitative estimate of drug-likeness (QED) is 0.722. The van der Waals surface area contributed by atoms with Gasteiger partial charge in [-0.1, -0.05) is 0 Å². The minimum atomic E-state index is -3.84. The van der Waals surface area contributed by atoms with Crippen molar-refractivity contribution in [3.8, 4) is 5.75 Å². The van der Waals surface area contributed by atoms with Gasteiger partial charge in [-0.05, 0) is 43.3 Å². The SMILES string of the molecule is COc1ccc(S(=O)(=O)CC(=O)Nc2sc3c(c2C(N)=O)CCN(C)C3)cc1. The number of primary amides is 1. The van der Waals surface area contributed by atoms with E-state index in [0.717, 1.165) is 17.0 Å². The molecule has 1 aromatic heterocycles. The van der Waals surface area contributed by atoms with Crippen LogP contribution in [0.25, 0.3) is 0 Å². The van der Waals surface area contributed by atoms with Crippen LogP contribution in [0.2, 0.25) is 0 Å². The highest BCUT2D eigenvalue weighted by Gasteiger charge is 2.28. The summed E-state index contributed by atoms with van der Waals surface area (Å²) in [6.07, 6.45) is 0.653. The molecule has 1 aliphatic rings. The lowest BCUT2D eigenvalue weighted by Crippen LogP contribution is -2.27. The van der Waals surface area contributed by atoms with Crippen LogP contribution in [-0.4, -0.2) is 51.6 Å². The van der Waals surface area contributed by atoms with Crippen molar-refractivity contribution in [3.05, 3.63) is 40.3 Å². The molecule has 8 nitrogen and oxygen atoms in total. The number of thiophene rings is 1. The number of hydrogen-bond donors (Lipinski definition) is 2. The van der Waals surface area contributed by atoms with Crippen LogP contribution in [0, 0.1) is 0 Å². The Bertz CT molecular complexity index is 1010. The lowest BCUT2D eigenvalue weighted by molar-refractivity contribution is -0.113. The van der Waals surface area contributed by atoms with Crippen molar-refractivity contribution >= 4 is 38.0 Å². The summed E-state index contributed by atoms with van der Waals surface area (Å²) in [4.78, 5) is 27.4. The predicted molar refractivity (Wildman–Crippen MR) is 107 cm³/mol. The second-order valence-corrected chi connectivity index (χ2v) is 9.64. The number of sulfone groups is 1. The molecule has 0 atom stereocenters. The highest BCUT2D eigenvalue weighted by Crippen LogP contribution is 2.36. The number of nitrogens with zero attached hydrogens (tertiary/aromatic N) is 1. The van der Waals surface area contributed by atoms with E-state index in [1.54, 1.807) is 0 Å². The van der Waals surface area contributed by atoms with E-state index >= 15 is 0 Å². The number of methoxy groups -OCH3 is 1. The van der Waals surface area contributed by atoms with E-state index < -0.39 is 27.4 Å². The third-order valence-corrected chi connectivity index (χ3v) is 7.25. The number of amides is 2. The third-order valence-electron chi connectivity index (χ3n) is 4.49. The smallest absolute Gasteiger partial charge is 0.251 e. The molecule has 10 heteroatoms. The molecule has 0 fully saturated rings. The number of carbonyl (C=O) groups is 2. The average Bonchev–Trinajstić information content (AvgIpc) is 2.97. The molecule has 150 valence electrons. The fourth-order valence-electron chi connectivity index (χ4n) is 3.08. The van der Waals surface area contributed by atoms with Crippen LogP contribution in [0.15, 0.2) is 29.2 Å². The first-order chi connectivity index (χ1) is 13.2. The number of rotatable bonds is 6. The molecule has 0 radical (unpaired) electrons. The van der Waals surface area contributed by atoms with Crippen molar-refractivity contribution in [2.75, 3.05) is 31.8 Å². The van der Waals surface area contributed by atoms with E-state index in [1.165, 1.54) is 42.7 Å². The standard InChI is InChI=1S/C18H21N3O5S2/c1-21-8-7-13-14(9-21)27-18(16(13)17(19)23)20-15(22)10-28(24,25)12-5-3-11(26-2)4-6-12/h3-6H,7-10H2,1-2H3,(H2,19,23)(H,20,22). The van der Waals surface area contributed by atoms with E-state index in [0.29, 0.717) is 23.7 Å². The summed E-state index contributed by atoms with van der Waals surface area (Å²) in [5.74, 6) is -1.57. The fraction of sp³-hybridized carbons (Fsp3) is 0.333. The Morgan fingerprint density at radius 2 is 1.96 bits per heavy atom. The first-order valence-corrected chi connectivity index (χ1v) is 11.0. The second-order valence-electron chi connectivity index (χ2n) is 6.54. The van der Waals surface area contributed by atoms with E-state index in [9.17, 15) is 18.0 Å². The highest BCUT2D eigenvalue weighted by atomic mass is 32.2. The van der Waals surface area contributed by atoms with Crippen LogP contribution in [0.4, 0.5) is 5.00 Å². The molecule has 2 aromatic rings. The number of hydrogen-bond acceptors (Lipinski definition) is 7. The lowest BCUT2D eigenvalue weighted by Gasteiger charge is -2.22. The molecule has 2 heterocycles. The van der Waals surface area contributed by atoms with Gasteiger partial charge in [-0.3, -0.25) is 9.59 Å². The van der Waals surface area contributed by atoms with E-state index in [2.05, 4.69) is 10.2 Å². The van der Waals surface area contributed by atoms with Crippen LogP contribution >= 0.6 is 11.3 Å². The molecule has 1 aliphatic heterocycles. The summed E-state index contributed by atoms with van der Waals surface area (Å²) < 4.78 is 30.0. The number of anilines is 1. The first kappa shape index (κ1) is 20.3. The van der Waals surface area contributed by atoms with Gasteiger partial charge in [-0.2, -0.15) is 0 Å². The predicted octanol–water partition coefficient (Wildman–Crippen LogP) is 1.26. The van der Waals surface area contributed by atoms with Crippen molar-refractivity contribution in [2.24, 2.45) is 5.73 Å². The molecular formula is C18H21N3O5S2. The lowest BCUT2D eigenvalue weighted by atomic mass is 10.0. The molecule has 3 N–H and O–H groups in total. The number of fused-ring (bicyclic) bond motifs is 1. The maximum absolute atomic E-state index is 12.5. The summed E-state index contributed by atoms with van der Waals surface area (Å²) in [6, 6.07) is 5.80. The average molecular weight is 424 g/mol. The molecule has 0 bridgehead atoms. The van der Waals surface area contributed by atoms with Crippen molar-refractivity contribution in [2.45, 2.75) is 17.9 Å². The largest absolute Gasteiger partial charge is 0.497 e. The Labute approximate surface area is 167 Å². The molecule has 0 saturated carbocycles. The van der Waals surface area contributed by atoms with E-state index in [1.807, 2.05) is 7.05 Å². The number of nitrogens with one attached hydrogen (secondary N) is 1. The molecule has 28 heavy (non-hydrogen) atoms. The maximum atomic E-state index is 12.5. The van der Waals surface area contributed by atoms with Gasteiger partial charge in [-0.25, -0.2) is 8.42 Å². The van der Waals surface area contributed by atoms with Crippen LogP contribution < -0.4 is 15.8 Å². The van der Waals surface area contributed by atoms with Gasteiger partial charge < -0.3 is 20.7 Å². The Kier molecular flexibility index (Phi) is 5.73. The molecule has 0 spiro atoms. The summed E-state index contributed by atoms with van der Waals surface area (Å²) in [5.41, 5.74) is 6.63. The van der Waals surface area contributed by atoms with Gasteiger partial charge >= 0.3 is 0 Å². The van der Waals surface area contributed by atoms with Crippen molar-refractivity contribution in [1.82, 2.24) is 4.90 Å². The Hall–Kier alpha value is -2.43. The minimum Gasteiger partial charge on any atom is -0.497 e. The van der Waals surface area contributed by atoms with Crippen molar-refractivity contribution < 1.29 is 22.7 Å². The van der Waals surface area contributed by atoms with Gasteiger partial charge in [0.05, 0.1) is 17.6 Å². The van der Waals surface area contributed by atoms with Gasteiger partial charge in [0.2, 0.25) is 5.91 Å². The summed E-state index contributed by atoms with van der Waals surface area (Å²) >= 11 is 1.26. The van der Waals surface area contributed by atoms with Crippen LogP contribution in [0.5, 0.6) is 5.75 Å². The number of ether oxygens (including phenoxy) is 1. The zero-order valence-electron chi connectivity index (χ0n) is 15.5. The normalized spacial score (nSPS) is 14.4. The number of nitrogens with two attached hydrogens (primary N) is 1. The monoisotopic (exact) mass is 423 g/mol. The Morgan fingerprint density at radius 1 is 1.29 bits per heavy atom. The molecule has 3 rings (SSSR count). The molecule has 0 saturated heterocycles. The van der Waals surface area contributed by atoms with Gasteiger partial charge in [0.1, 0.15) is 16.5 Å². The number of likely N-dealkylation sites (N-methyl/N-ethyl adjacent to an activating group) is 1. The van der Waals surface area contributed by atoms with Crippen LogP contribution in [0.3, 0.4) is 0 Å². The maximum Gasteiger partial charge on any atom is 0.251 e. The summed E-state index contributed by atoms with van der Waals surface area (Å²) in [7, 11) is -0.394. The van der Waals surface area contributed by atoms with Crippen LogP contribution in [0.1, 0.15) is 20.8 Å². The van der Waals surface area contributed by atoms with Gasteiger partial charge in [-0.15, -0.1) is 11.3 Å². The number of carbonyl (C=O) groups excluding carboxylic acids is 2. The minimum absolute atomic E-state index is 0.0191. The molecule has 2 amide bonds. The van der Waals surface area contributed by atoms with Crippen LogP contribution in [-0.2, 0) is 27.6 Å². The van der Waals surface area contributed by atoms with Gasteiger partial charge in [0.15, 0.2) is 9.84 Å². The Morgan fingerprint density at radius 3 is 2.57 bits per heavy atom. The van der Waals surface area contributed by atoms with Gasteiger partial charge in [0, 0.05) is 18.0 Å². The fourth-order valence-corrected chi connectivity index (χ4v) is 5.57. The molecule has 0 aliphatic carbocycles. The first-order valence-electron chi connectivity index (χ1n) is 8.51. The highest BCUT2D eigenvalue weighted by molar-refractivity contribution is 7.92. The van der Waals surface area contributed by atoms with E-state index in [-0.39, 0.29) is 10.5 Å². The Balaban J connectivity index is 1.80. The molecule has 1 aromatic carbocycles. The zero-order chi connectivity index (χ0) is 20.5. The zero-order valence-corrected chi connectivity index (χ0v) is 17.2. The van der Waals surface area contributed by atoms with Crippen molar-refractivity contribution in [3.63, 3.8) is 0 Å². The topological polar surface area (TPSA) is 119 Å². The van der Waals surface area contributed by atoms with E-state index in [4.69, 9.17) is 10.5 Å². The second kappa shape index (κ2) is 7.90. The number of benzene rings is 1. The van der Waals surface area contributed by atoms with Gasteiger partial charge in [0.25, 0.3) is 5.91 Å². The third kappa shape index (κ3) is 4.18. The summed E-state index contributed by atoms with van der Waals surface area (Å²) in [6.45, 7) is 1.43. The molecular weight excluding hydrogens is 402 g/mol. The van der Waals surface area contributed by atoms with Crippen molar-refractivity contribution in [1.29, 1.82) is 0 Å².